The topological polar surface area (TPSA) is 64.1 Å². The Kier molecular flexibility index (Phi) is 5.78. The third kappa shape index (κ3) is 4.26. The summed E-state index contributed by atoms with van der Waals surface area (Å²) in [6.45, 7) is 2.10. The summed E-state index contributed by atoms with van der Waals surface area (Å²) >= 11 is 3.08. The number of thiophene rings is 1. The lowest BCUT2D eigenvalue weighted by Gasteiger charge is -2.08. The normalized spacial score (nSPS) is 10.8. The van der Waals surface area contributed by atoms with Gasteiger partial charge in [0.05, 0.1) is 18.2 Å². The highest BCUT2D eigenvalue weighted by Gasteiger charge is 2.17. The van der Waals surface area contributed by atoms with Gasteiger partial charge in [-0.1, -0.05) is 42.1 Å². The Morgan fingerprint density at radius 1 is 1.10 bits per heavy atom. The lowest BCUT2D eigenvalue weighted by molar-refractivity contribution is -0.113. The van der Waals surface area contributed by atoms with Crippen molar-refractivity contribution in [2.45, 2.75) is 11.9 Å². The SMILES string of the molecule is COc1ccc(NC(=O)CSc2ncnc3sc(C)c(-c4ccccc4)c23)cc1. The second-order valence-corrected chi connectivity index (χ2v) is 8.49. The van der Waals surface area contributed by atoms with E-state index < -0.39 is 0 Å². The average molecular weight is 422 g/mol. The molecule has 29 heavy (non-hydrogen) atoms. The van der Waals surface area contributed by atoms with E-state index in [4.69, 9.17) is 4.74 Å². The Morgan fingerprint density at radius 3 is 2.59 bits per heavy atom. The Morgan fingerprint density at radius 2 is 1.86 bits per heavy atom. The monoisotopic (exact) mass is 421 g/mol. The minimum absolute atomic E-state index is 0.0832. The van der Waals surface area contributed by atoms with Crippen LogP contribution in [-0.2, 0) is 4.79 Å². The molecule has 0 atom stereocenters. The van der Waals surface area contributed by atoms with Crippen LogP contribution < -0.4 is 10.1 Å². The first-order valence-electron chi connectivity index (χ1n) is 9.02. The highest BCUT2D eigenvalue weighted by atomic mass is 32.2. The van der Waals surface area contributed by atoms with Crippen molar-refractivity contribution in [2.75, 3.05) is 18.2 Å². The number of nitrogens with one attached hydrogen (secondary N) is 1. The van der Waals surface area contributed by atoms with E-state index in [2.05, 4.69) is 34.3 Å². The highest BCUT2D eigenvalue weighted by molar-refractivity contribution is 8.00. The van der Waals surface area contributed by atoms with Crippen molar-refractivity contribution in [3.05, 3.63) is 65.8 Å². The van der Waals surface area contributed by atoms with Crippen molar-refractivity contribution in [2.24, 2.45) is 0 Å². The van der Waals surface area contributed by atoms with Crippen LogP contribution in [0.25, 0.3) is 21.3 Å². The number of fused-ring (bicyclic) bond motifs is 1. The predicted molar refractivity (Wildman–Crippen MR) is 120 cm³/mol. The summed E-state index contributed by atoms with van der Waals surface area (Å²) in [5.41, 5.74) is 3.01. The third-order valence-corrected chi connectivity index (χ3v) is 6.41. The van der Waals surface area contributed by atoms with Gasteiger partial charge >= 0.3 is 0 Å². The molecule has 1 amide bonds. The lowest BCUT2D eigenvalue weighted by atomic mass is 10.0. The van der Waals surface area contributed by atoms with Gasteiger partial charge in [0.1, 0.15) is 21.9 Å². The number of amides is 1. The maximum Gasteiger partial charge on any atom is 0.234 e. The molecule has 2 aromatic carbocycles. The van der Waals surface area contributed by atoms with Crippen molar-refractivity contribution < 1.29 is 9.53 Å². The summed E-state index contributed by atoms with van der Waals surface area (Å²) in [5.74, 6) is 0.934. The van der Waals surface area contributed by atoms with E-state index in [0.29, 0.717) is 0 Å². The van der Waals surface area contributed by atoms with Gasteiger partial charge in [-0.3, -0.25) is 4.79 Å². The van der Waals surface area contributed by atoms with Gasteiger partial charge in [0.15, 0.2) is 0 Å². The van der Waals surface area contributed by atoms with Crippen molar-refractivity contribution in [3.8, 4) is 16.9 Å². The van der Waals surface area contributed by atoms with Gasteiger partial charge in [0.2, 0.25) is 5.91 Å². The number of ether oxygens (including phenoxy) is 1. The number of benzene rings is 2. The number of carbonyl (C=O) groups is 1. The molecule has 0 aliphatic carbocycles. The van der Waals surface area contributed by atoms with E-state index in [1.807, 2.05) is 42.5 Å². The molecule has 0 spiro atoms. The van der Waals surface area contributed by atoms with Crippen LogP contribution in [0.3, 0.4) is 0 Å². The van der Waals surface area contributed by atoms with E-state index >= 15 is 0 Å². The smallest absolute Gasteiger partial charge is 0.234 e. The van der Waals surface area contributed by atoms with E-state index in [0.717, 1.165) is 37.8 Å². The number of aryl methyl sites for hydroxylation is 1. The molecule has 2 heterocycles. The molecule has 1 N–H and O–H groups in total. The molecule has 0 fully saturated rings. The first kappa shape index (κ1) is 19.4. The number of aromatic nitrogens is 2. The molecule has 0 aliphatic heterocycles. The number of anilines is 1. The molecule has 4 aromatic rings. The molecule has 4 rings (SSSR count). The molecule has 0 radical (unpaired) electrons. The van der Waals surface area contributed by atoms with Crippen molar-refractivity contribution in [3.63, 3.8) is 0 Å². The Hall–Kier alpha value is -2.90. The third-order valence-electron chi connectivity index (χ3n) is 4.41. The second kappa shape index (κ2) is 8.63. The summed E-state index contributed by atoms with van der Waals surface area (Å²) in [4.78, 5) is 23.5. The molecule has 0 bridgehead atoms. The maximum atomic E-state index is 12.4. The number of carbonyl (C=O) groups excluding carboxylic acids is 1. The van der Waals surface area contributed by atoms with Crippen molar-refractivity contribution in [1.29, 1.82) is 0 Å². The Bertz CT molecular complexity index is 1140. The van der Waals surface area contributed by atoms with Gasteiger partial charge in [0, 0.05) is 16.1 Å². The van der Waals surface area contributed by atoms with Crippen LogP contribution in [0.1, 0.15) is 4.88 Å². The van der Waals surface area contributed by atoms with E-state index in [9.17, 15) is 4.79 Å². The first-order valence-corrected chi connectivity index (χ1v) is 10.8. The number of hydrogen-bond donors (Lipinski definition) is 1. The van der Waals surface area contributed by atoms with Crippen LogP contribution >= 0.6 is 23.1 Å². The maximum absolute atomic E-state index is 12.4. The first-order chi connectivity index (χ1) is 14.2. The van der Waals surface area contributed by atoms with Crippen LogP contribution in [0.15, 0.2) is 66.0 Å². The average Bonchev–Trinajstić information content (AvgIpc) is 3.09. The molecular weight excluding hydrogens is 402 g/mol. The zero-order valence-corrected chi connectivity index (χ0v) is 17.6. The Balaban J connectivity index is 1.55. The molecule has 0 aliphatic rings. The fourth-order valence-corrected chi connectivity index (χ4v) is 4.97. The second-order valence-electron chi connectivity index (χ2n) is 6.32. The van der Waals surface area contributed by atoms with Gasteiger partial charge in [-0.2, -0.15) is 0 Å². The fourth-order valence-electron chi connectivity index (χ4n) is 3.08. The number of nitrogens with zero attached hydrogens (tertiary/aromatic N) is 2. The number of methoxy groups -OCH3 is 1. The van der Waals surface area contributed by atoms with Crippen LogP contribution in [0.5, 0.6) is 5.75 Å². The lowest BCUT2D eigenvalue weighted by Crippen LogP contribution is -2.14. The summed E-state index contributed by atoms with van der Waals surface area (Å²) in [6.07, 6.45) is 1.57. The molecule has 0 saturated heterocycles. The van der Waals surface area contributed by atoms with E-state index in [1.54, 1.807) is 24.8 Å². The van der Waals surface area contributed by atoms with Gasteiger partial charge in [0.25, 0.3) is 0 Å². The quantitative estimate of drug-likeness (QED) is 0.333. The van der Waals surface area contributed by atoms with Crippen LogP contribution in [0.4, 0.5) is 5.69 Å². The number of hydrogen-bond acceptors (Lipinski definition) is 6. The number of rotatable bonds is 6. The summed E-state index contributed by atoms with van der Waals surface area (Å²) in [6, 6.07) is 17.5. The summed E-state index contributed by atoms with van der Waals surface area (Å²) in [5, 5.41) is 4.75. The van der Waals surface area contributed by atoms with Crippen LogP contribution in [0.2, 0.25) is 0 Å². The zero-order valence-electron chi connectivity index (χ0n) is 16.0. The summed E-state index contributed by atoms with van der Waals surface area (Å²) in [7, 11) is 1.61. The molecule has 0 saturated carbocycles. The van der Waals surface area contributed by atoms with Crippen LogP contribution in [0, 0.1) is 6.92 Å². The van der Waals surface area contributed by atoms with Gasteiger partial charge in [-0.05, 0) is 36.8 Å². The standard InChI is InChI=1S/C22H19N3O2S2/c1-14-19(15-6-4-3-5-7-15)20-21(23-13-24-22(20)29-14)28-12-18(26)25-16-8-10-17(27-2)11-9-16/h3-11,13H,12H2,1-2H3,(H,25,26). The van der Waals surface area contributed by atoms with Crippen molar-refractivity contribution in [1.82, 2.24) is 9.97 Å². The Labute approximate surface area is 177 Å². The minimum Gasteiger partial charge on any atom is -0.497 e. The van der Waals surface area contributed by atoms with Gasteiger partial charge in [-0.25, -0.2) is 9.97 Å². The molecule has 5 nitrogen and oxygen atoms in total. The molecule has 146 valence electrons. The van der Waals surface area contributed by atoms with E-state index in [-0.39, 0.29) is 11.7 Å². The predicted octanol–water partition coefficient (Wildman–Crippen LogP) is 5.41. The minimum atomic E-state index is -0.0832. The van der Waals surface area contributed by atoms with Gasteiger partial charge < -0.3 is 10.1 Å². The zero-order chi connectivity index (χ0) is 20.2. The highest BCUT2D eigenvalue weighted by Crippen LogP contribution is 2.41. The van der Waals surface area contributed by atoms with Gasteiger partial charge in [-0.15, -0.1) is 11.3 Å². The molecule has 0 unspecified atom stereocenters. The fraction of sp³-hybridized carbons (Fsp3) is 0.136. The van der Waals surface area contributed by atoms with Crippen molar-refractivity contribution >= 4 is 44.9 Å². The number of thioether (sulfide) groups is 1. The molecule has 2 aromatic heterocycles. The molecule has 7 heteroatoms. The summed E-state index contributed by atoms with van der Waals surface area (Å²) < 4.78 is 5.14. The molecular formula is C22H19N3O2S2. The van der Waals surface area contributed by atoms with E-state index in [1.165, 1.54) is 16.6 Å². The largest absolute Gasteiger partial charge is 0.497 e. The van der Waals surface area contributed by atoms with Crippen LogP contribution in [-0.4, -0.2) is 28.7 Å².